The van der Waals surface area contributed by atoms with Crippen LogP contribution in [0.2, 0.25) is 0 Å². The molecule has 2 N–H and O–H groups in total. The molecule has 1 rings (SSSR count). The van der Waals surface area contributed by atoms with Gasteiger partial charge in [-0.25, -0.2) is 0 Å². The first-order chi connectivity index (χ1) is 4.20. The van der Waals surface area contributed by atoms with Crippen molar-refractivity contribution < 1.29 is 4.79 Å². The normalized spacial score (nSPS) is 36.0. The molecule has 0 unspecified atom stereocenters. The molecule has 3 heteroatoms. The summed E-state index contributed by atoms with van der Waals surface area (Å²) in [6.45, 7) is 4.67. The van der Waals surface area contributed by atoms with E-state index in [-0.39, 0.29) is 11.9 Å². The Morgan fingerprint density at radius 1 is 1.56 bits per heavy atom. The fourth-order valence-corrected chi connectivity index (χ4v) is 0.968. The molecule has 0 aromatic carbocycles. The fraction of sp³-hybridized carbons (Fsp3) is 0.833. The summed E-state index contributed by atoms with van der Waals surface area (Å²) in [5.74, 6) is 0.105. The van der Waals surface area contributed by atoms with E-state index in [4.69, 9.17) is 0 Å². The molecule has 2 atom stereocenters. The Morgan fingerprint density at radius 2 is 2.22 bits per heavy atom. The number of hydrogen-bond acceptors (Lipinski definition) is 2. The minimum Gasteiger partial charge on any atom is -0.353 e. The molecule has 0 aromatic heterocycles. The van der Waals surface area contributed by atoms with Gasteiger partial charge in [-0.1, -0.05) is 0 Å². The summed E-state index contributed by atoms with van der Waals surface area (Å²) in [4.78, 5) is 10.8. The highest BCUT2D eigenvalue weighted by atomic mass is 16.2. The number of hydrogen-bond donors (Lipinski definition) is 2. The zero-order valence-electron chi connectivity index (χ0n) is 5.77. The Balaban J connectivity index is 2.44. The van der Waals surface area contributed by atoms with Crippen LogP contribution in [0, 0.1) is 0 Å². The fourth-order valence-electron chi connectivity index (χ4n) is 0.968. The van der Waals surface area contributed by atoms with Crippen LogP contribution in [0.1, 0.15) is 13.8 Å². The summed E-state index contributed by atoms with van der Waals surface area (Å²) in [6, 6.07) is 0.395. The molecular formula is C6H12N2O. The summed E-state index contributed by atoms with van der Waals surface area (Å²) in [5, 5.41) is 5.90. The minimum atomic E-state index is -0.0197. The number of rotatable bonds is 0. The van der Waals surface area contributed by atoms with Gasteiger partial charge in [-0.3, -0.25) is 4.79 Å². The molecule has 1 aliphatic heterocycles. The molecule has 0 spiro atoms. The van der Waals surface area contributed by atoms with Gasteiger partial charge in [-0.15, -0.1) is 0 Å². The Kier molecular flexibility index (Phi) is 1.71. The highest BCUT2D eigenvalue weighted by Gasteiger charge is 2.19. The third kappa shape index (κ3) is 1.42. The molecule has 1 saturated heterocycles. The number of carbonyl (C=O) groups is 1. The van der Waals surface area contributed by atoms with Gasteiger partial charge in [0, 0.05) is 12.6 Å². The van der Waals surface area contributed by atoms with E-state index in [0.29, 0.717) is 6.04 Å². The van der Waals surface area contributed by atoms with E-state index in [0.717, 1.165) is 6.54 Å². The van der Waals surface area contributed by atoms with Crippen molar-refractivity contribution in [3.63, 3.8) is 0 Å². The Morgan fingerprint density at radius 3 is 2.67 bits per heavy atom. The molecule has 0 aliphatic carbocycles. The maximum atomic E-state index is 10.8. The first-order valence-electron chi connectivity index (χ1n) is 3.24. The van der Waals surface area contributed by atoms with E-state index >= 15 is 0 Å². The van der Waals surface area contributed by atoms with Crippen LogP contribution in [0.5, 0.6) is 0 Å². The van der Waals surface area contributed by atoms with Crippen molar-refractivity contribution in [1.82, 2.24) is 10.6 Å². The second-order valence-corrected chi connectivity index (χ2v) is 2.53. The number of piperazine rings is 1. The predicted molar refractivity (Wildman–Crippen MR) is 35.1 cm³/mol. The quantitative estimate of drug-likeness (QED) is 0.461. The molecule has 1 fully saturated rings. The summed E-state index contributed by atoms with van der Waals surface area (Å²) in [6.07, 6.45) is 0. The largest absolute Gasteiger partial charge is 0.353 e. The topological polar surface area (TPSA) is 41.1 Å². The number of nitrogens with one attached hydrogen (secondary N) is 2. The van der Waals surface area contributed by atoms with E-state index in [1.54, 1.807) is 0 Å². The average molecular weight is 128 g/mol. The Labute approximate surface area is 54.8 Å². The van der Waals surface area contributed by atoms with Gasteiger partial charge in [-0.05, 0) is 13.8 Å². The second kappa shape index (κ2) is 2.35. The maximum absolute atomic E-state index is 10.8. The maximum Gasteiger partial charge on any atom is 0.236 e. The minimum absolute atomic E-state index is 0.0197. The van der Waals surface area contributed by atoms with Gasteiger partial charge in [0.05, 0.1) is 6.04 Å². The van der Waals surface area contributed by atoms with Crippen molar-refractivity contribution in [1.29, 1.82) is 0 Å². The lowest BCUT2D eigenvalue weighted by atomic mass is 10.2. The van der Waals surface area contributed by atoms with E-state index in [1.807, 2.05) is 6.92 Å². The SMILES string of the molecule is C[C@H]1CNC(=O)[C@@H](C)N1. The van der Waals surface area contributed by atoms with Gasteiger partial charge in [0.25, 0.3) is 0 Å². The lowest BCUT2D eigenvalue weighted by molar-refractivity contribution is -0.124. The molecule has 0 saturated carbocycles. The lowest BCUT2D eigenvalue weighted by Crippen LogP contribution is -2.55. The highest BCUT2D eigenvalue weighted by molar-refractivity contribution is 5.82. The van der Waals surface area contributed by atoms with Crippen molar-refractivity contribution >= 4 is 5.91 Å². The van der Waals surface area contributed by atoms with Crippen molar-refractivity contribution in [2.75, 3.05) is 6.54 Å². The van der Waals surface area contributed by atoms with Crippen LogP contribution in [0.4, 0.5) is 0 Å². The van der Waals surface area contributed by atoms with Crippen molar-refractivity contribution in [2.45, 2.75) is 25.9 Å². The average Bonchev–Trinajstić information content (AvgIpc) is 1.80. The van der Waals surface area contributed by atoms with Crippen LogP contribution in [-0.4, -0.2) is 24.5 Å². The standard InChI is InChI=1S/C6H12N2O/c1-4-3-7-6(9)5(2)8-4/h4-5,8H,3H2,1-2H3,(H,7,9)/t4-,5+/m0/s1. The predicted octanol–water partition coefficient (Wildman–Crippen LogP) is -0.517. The first kappa shape index (κ1) is 6.55. The van der Waals surface area contributed by atoms with Crippen LogP contribution in [-0.2, 0) is 4.79 Å². The first-order valence-corrected chi connectivity index (χ1v) is 3.24. The number of amides is 1. The Hall–Kier alpha value is -0.570. The highest BCUT2D eigenvalue weighted by Crippen LogP contribution is 1.92. The molecule has 0 aromatic rings. The zero-order valence-corrected chi connectivity index (χ0v) is 5.77. The molecule has 52 valence electrons. The summed E-state index contributed by atoms with van der Waals surface area (Å²) in [7, 11) is 0. The third-order valence-corrected chi connectivity index (χ3v) is 1.51. The van der Waals surface area contributed by atoms with Gasteiger partial charge >= 0.3 is 0 Å². The zero-order chi connectivity index (χ0) is 6.85. The molecule has 1 amide bonds. The van der Waals surface area contributed by atoms with Crippen LogP contribution in [0.3, 0.4) is 0 Å². The molecule has 3 nitrogen and oxygen atoms in total. The summed E-state index contributed by atoms with van der Waals surface area (Å²) < 4.78 is 0. The van der Waals surface area contributed by atoms with Crippen LogP contribution < -0.4 is 10.6 Å². The monoisotopic (exact) mass is 128 g/mol. The molecule has 0 radical (unpaired) electrons. The van der Waals surface area contributed by atoms with Gasteiger partial charge < -0.3 is 10.6 Å². The number of carbonyl (C=O) groups excluding carboxylic acids is 1. The second-order valence-electron chi connectivity index (χ2n) is 2.53. The van der Waals surface area contributed by atoms with Crippen LogP contribution in [0.15, 0.2) is 0 Å². The van der Waals surface area contributed by atoms with Crippen molar-refractivity contribution in [3.05, 3.63) is 0 Å². The summed E-state index contributed by atoms with van der Waals surface area (Å²) >= 11 is 0. The van der Waals surface area contributed by atoms with E-state index in [1.165, 1.54) is 0 Å². The van der Waals surface area contributed by atoms with E-state index < -0.39 is 0 Å². The van der Waals surface area contributed by atoms with Gasteiger partial charge in [0.2, 0.25) is 5.91 Å². The Bertz CT molecular complexity index is 124. The molecule has 0 bridgehead atoms. The van der Waals surface area contributed by atoms with Gasteiger partial charge in [0.1, 0.15) is 0 Å². The van der Waals surface area contributed by atoms with Crippen LogP contribution in [0.25, 0.3) is 0 Å². The molecule has 1 heterocycles. The smallest absolute Gasteiger partial charge is 0.236 e. The van der Waals surface area contributed by atoms with E-state index in [9.17, 15) is 4.79 Å². The van der Waals surface area contributed by atoms with Gasteiger partial charge in [-0.2, -0.15) is 0 Å². The van der Waals surface area contributed by atoms with Crippen molar-refractivity contribution in [3.8, 4) is 0 Å². The summed E-state index contributed by atoms with van der Waals surface area (Å²) in [5.41, 5.74) is 0. The molecular weight excluding hydrogens is 116 g/mol. The molecule has 9 heavy (non-hydrogen) atoms. The third-order valence-electron chi connectivity index (χ3n) is 1.51. The van der Waals surface area contributed by atoms with E-state index in [2.05, 4.69) is 17.6 Å². The molecule has 1 aliphatic rings. The van der Waals surface area contributed by atoms with Gasteiger partial charge in [0.15, 0.2) is 0 Å². The van der Waals surface area contributed by atoms with Crippen LogP contribution >= 0.6 is 0 Å². The van der Waals surface area contributed by atoms with Crippen molar-refractivity contribution in [2.24, 2.45) is 0 Å². The lowest BCUT2D eigenvalue weighted by Gasteiger charge is -2.25.